The Morgan fingerprint density at radius 2 is 1.77 bits per heavy atom. The number of nitrogens with zero attached hydrogens (tertiary/aromatic N) is 2. The highest BCUT2D eigenvalue weighted by Gasteiger charge is 2.35. The maximum absolute atomic E-state index is 13.0. The minimum Gasteiger partial charge on any atom is -0.379 e. The number of carbonyl (C=O) groups is 1. The van der Waals surface area contributed by atoms with Crippen LogP contribution in [0, 0.1) is 0 Å². The molecule has 2 heterocycles. The van der Waals surface area contributed by atoms with Crippen molar-refractivity contribution < 1.29 is 22.7 Å². The van der Waals surface area contributed by atoms with Crippen LogP contribution >= 0.6 is 11.6 Å². The first-order chi connectivity index (χ1) is 12.2. The van der Waals surface area contributed by atoms with Crippen molar-refractivity contribution in [3.05, 3.63) is 28.8 Å². The summed E-state index contributed by atoms with van der Waals surface area (Å²) in [7, 11) is -3.78. The fraction of sp³-hybridized carbons (Fsp3) is 0.588. The molecule has 0 saturated carbocycles. The van der Waals surface area contributed by atoms with Crippen molar-refractivity contribution >= 4 is 27.5 Å². The second-order valence-electron chi connectivity index (χ2n) is 6.98. The van der Waals surface area contributed by atoms with Crippen molar-refractivity contribution in [2.24, 2.45) is 0 Å². The van der Waals surface area contributed by atoms with Crippen LogP contribution in [0.4, 0.5) is 0 Å². The Morgan fingerprint density at radius 3 is 2.42 bits per heavy atom. The number of hydrogen-bond acceptors (Lipinski definition) is 5. The van der Waals surface area contributed by atoms with Crippen LogP contribution in [-0.4, -0.2) is 75.1 Å². The number of hydrogen-bond donors (Lipinski definition) is 0. The molecule has 0 bridgehead atoms. The maximum atomic E-state index is 13.0. The molecule has 26 heavy (non-hydrogen) atoms. The molecule has 1 aromatic carbocycles. The summed E-state index contributed by atoms with van der Waals surface area (Å²) >= 11 is 6.16. The third-order valence-electron chi connectivity index (χ3n) is 4.66. The molecule has 0 aliphatic carbocycles. The standard InChI is InChI=1S/C17H23ClN2O5S/c1-17(2)12-25-10-7-20(17)16(21)13-3-4-14(18)15(11-13)26(22,23)19-5-8-24-9-6-19/h3-4,11H,5-10,12H2,1-2H3. The number of carbonyl (C=O) groups excluding carboxylic acids is 1. The number of amides is 1. The molecule has 144 valence electrons. The Labute approximate surface area is 158 Å². The molecule has 2 aliphatic heterocycles. The van der Waals surface area contributed by atoms with Crippen LogP contribution in [0.5, 0.6) is 0 Å². The van der Waals surface area contributed by atoms with Crippen molar-refractivity contribution in [1.82, 2.24) is 9.21 Å². The molecule has 0 spiro atoms. The van der Waals surface area contributed by atoms with Gasteiger partial charge in [0.2, 0.25) is 10.0 Å². The molecule has 0 atom stereocenters. The first kappa shape index (κ1) is 19.6. The summed E-state index contributed by atoms with van der Waals surface area (Å²) in [5.41, 5.74) is -0.158. The van der Waals surface area contributed by atoms with Gasteiger partial charge < -0.3 is 14.4 Å². The topological polar surface area (TPSA) is 76.2 Å². The van der Waals surface area contributed by atoms with E-state index in [0.29, 0.717) is 38.5 Å². The summed E-state index contributed by atoms with van der Waals surface area (Å²) in [6.45, 7) is 6.43. The normalized spacial score (nSPS) is 21.6. The lowest BCUT2D eigenvalue weighted by molar-refractivity contribution is -0.0370. The van der Waals surface area contributed by atoms with E-state index >= 15 is 0 Å². The summed E-state index contributed by atoms with van der Waals surface area (Å²) in [4.78, 5) is 14.7. The van der Waals surface area contributed by atoms with Gasteiger partial charge in [-0.25, -0.2) is 8.42 Å². The first-order valence-electron chi connectivity index (χ1n) is 8.51. The lowest BCUT2D eigenvalue weighted by Crippen LogP contribution is -2.55. The van der Waals surface area contributed by atoms with Gasteiger partial charge in [-0.2, -0.15) is 4.31 Å². The van der Waals surface area contributed by atoms with Crippen molar-refractivity contribution in [1.29, 1.82) is 0 Å². The summed E-state index contributed by atoms with van der Waals surface area (Å²) in [6.07, 6.45) is 0. The highest BCUT2D eigenvalue weighted by atomic mass is 35.5. The lowest BCUT2D eigenvalue weighted by atomic mass is 10.0. The average Bonchev–Trinajstić information content (AvgIpc) is 2.62. The molecule has 2 saturated heterocycles. The first-order valence-corrected chi connectivity index (χ1v) is 10.3. The zero-order chi connectivity index (χ0) is 18.9. The van der Waals surface area contributed by atoms with Crippen molar-refractivity contribution in [3.8, 4) is 0 Å². The summed E-state index contributed by atoms with van der Waals surface area (Å²) in [5, 5.41) is 0.106. The van der Waals surface area contributed by atoms with Gasteiger partial charge in [0.25, 0.3) is 5.91 Å². The third-order valence-corrected chi connectivity index (χ3v) is 7.04. The third kappa shape index (κ3) is 3.75. The smallest absolute Gasteiger partial charge is 0.254 e. The maximum Gasteiger partial charge on any atom is 0.254 e. The molecule has 2 aliphatic rings. The highest BCUT2D eigenvalue weighted by molar-refractivity contribution is 7.89. The predicted octanol–water partition coefficient (Wildman–Crippen LogP) is 1.61. The van der Waals surface area contributed by atoms with Crippen LogP contribution in [0.2, 0.25) is 5.02 Å². The zero-order valence-electron chi connectivity index (χ0n) is 14.9. The molecular formula is C17H23ClN2O5S. The minimum atomic E-state index is -3.78. The van der Waals surface area contributed by atoms with Gasteiger partial charge in [0.15, 0.2) is 0 Å². The number of benzene rings is 1. The van der Waals surface area contributed by atoms with E-state index in [-0.39, 0.29) is 28.9 Å². The van der Waals surface area contributed by atoms with Crippen LogP contribution in [0.15, 0.2) is 23.1 Å². The summed E-state index contributed by atoms with van der Waals surface area (Å²) in [5.74, 6) is -0.228. The minimum absolute atomic E-state index is 0.0435. The molecule has 7 nitrogen and oxygen atoms in total. The van der Waals surface area contributed by atoms with E-state index in [1.165, 1.54) is 16.4 Å². The molecule has 3 rings (SSSR count). The molecule has 0 radical (unpaired) electrons. The Bertz CT molecular complexity index is 790. The second-order valence-corrected chi connectivity index (χ2v) is 9.30. The van der Waals surface area contributed by atoms with Gasteiger partial charge in [0.1, 0.15) is 4.90 Å². The Balaban J connectivity index is 1.93. The molecule has 0 aromatic heterocycles. The molecule has 1 amide bonds. The largest absolute Gasteiger partial charge is 0.379 e. The number of sulfonamides is 1. The predicted molar refractivity (Wildman–Crippen MR) is 97.0 cm³/mol. The van der Waals surface area contributed by atoms with Gasteiger partial charge in [-0.05, 0) is 32.0 Å². The van der Waals surface area contributed by atoms with Gasteiger partial charge in [0, 0.05) is 25.2 Å². The Kier molecular flexibility index (Phi) is 5.60. The number of ether oxygens (including phenoxy) is 2. The quantitative estimate of drug-likeness (QED) is 0.767. The van der Waals surface area contributed by atoms with Crippen molar-refractivity contribution in [2.45, 2.75) is 24.3 Å². The van der Waals surface area contributed by atoms with E-state index in [1.807, 2.05) is 13.8 Å². The molecule has 0 unspecified atom stereocenters. The van der Waals surface area contributed by atoms with E-state index in [0.717, 1.165) is 0 Å². The zero-order valence-corrected chi connectivity index (χ0v) is 16.5. The van der Waals surface area contributed by atoms with Crippen LogP contribution in [0.3, 0.4) is 0 Å². The van der Waals surface area contributed by atoms with Crippen molar-refractivity contribution in [3.63, 3.8) is 0 Å². The van der Waals surface area contributed by atoms with E-state index in [2.05, 4.69) is 0 Å². The summed E-state index contributed by atoms with van der Waals surface area (Å²) in [6, 6.07) is 4.41. The monoisotopic (exact) mass is 402 g/mol. The SMILES string of the molecule is CC1(C)COCCN1C(=O)c1ccc(Cl)c(S(=O)(=O)N2CCOCC2)c1. The van der Waals surface area contributed by atoms with Gasteiger partial charge >= 0.3 is 0 Å². The molecule has 2 fully saturated rings. The highest BCUT2D eigenvalue weighted by Crippen LogP contribution is 2.28. The van der Waals surface area contributed by atoms with Gasteiger partial charge in [-0.3, -0.25) is 4.79 Å². The molecule has 0 N–H and O–H groups in total. The van der Waals surface area contributed by atoms with Crippen molar-refractivity contribution in [2.75, 3.05) is 46.1 Å². The van der Waals surface area contributed by atoms with Crippen LogP contribution in [0.1, 0.15) is 24.2 Å². The van der Waals surface area contributed by atoms with Crippen LogP contribution < -0.4 is 0 Å². The van der Waals surface area contributed by atoms with Gasteiger partial charge in [-0.1, -0.05) is 11.6 Å². The van der Waals surface area contributed by atoms with E-state index in [9.17, 15) is 13.2 Å². The number of rotatable bonds is 3. The van der Waals surface area contributed by atoms with E-state index in [4.69, 9.17) is 21.1 Å². The van der Waals surface area contributed by atoms with E-state index < -0.39 is 15.6 Å². The Hall–Kier alpha value is -1.19. The second kappa shape index (κ2) is 7.44. The fourth-order valence-corrected chi connectivity index (χ4v) is 5.06. The van der Waals surface area contributed by atoms with Gasteiger partial charge in [0.05, 0.1) is 37.0 Å². The van der Waals surface area contributed by atoms with E-state index in [1.54, 1.807) is 11.0 Å². The fourth-order valence-electron chi connectivity index (χ4n) is 3.15. The van der Waals surface area contributed by atoms with Gasteiger partial charge in [-0.15, -0.1) is 0 Å². The summed E-state index contributed by atoms with van der Waals surface area (Å²) < 4.78 is 37.9. The molecule has 9 heteroatoms. The van der Waals surface area contributed by atoms with Crippen LogP contribution in [0.25, 0.3) is 0 Å². The van der Waals surface area contributed by atoms with Crippen LogP contribution in [-0.2, 0) is 19.5 Å². The molecular weight excluding hydrogens is 380 g/mol. The number of morpholine rings is 2. The lowest BCUT2D eigenvalue weighted by Gasteiger charge is -2.42. The molecule has 1 aromatic rings. The average molecular weight is 403 g/mol. The number of halogens is 1. The Morgan fingerprint density at radius 1 is 1.12 bits per heavy atom.